The molecule has 3 heterocycles. The first-order chi connectivity index (χ1) is 13.8. The van der Waals surface area contributed by atoms with Crippen LogP contribution < -0.4 is 4.74 Å². The molecule has 1 unspecified atom stereocenters. The van der Waals surface area contributed by atoms with Crippen LogP contribution in [0.5, 0.6) is 5.75 Å². The highest BCUT2D eigenvalue weighted by atomic mass is 16.5. The number of para-hydroxylation sites is 1. The number of H-pyrrole nitrogens is 1. The summed E-state index contributed by atoms with van der Waals surface area (Å²) in [5.74, 6) is 2.23. The number of aryl methyl sites for hydroxylation is 1. The Hall–Kier alpha value is -3.52. The molecule has 0 saturated heterocycles. The van der Waals surface area contributed by atoms with Crippen molar-refractivity contribution in [2.75, 3.05) is 7.11 Å². The third-order valence-electron chi connectivity index (χ3n) is 5.55. The molecule has 1 N–H and O–H groups in total. The van der Waals surface area contributed by atoms with Gasteiger partial charge in [-0.15, -0.1) is 0 Å². The first kappa shape index (κ1) is 16.6. The van der Waals surface area contributed by atoms with Gasteiger partial charge >= 0.3 is 0 Å². The monoisotopic (exact) mass is 368 g/mol. The molecule has 0 radical (unpaired) electrons. The number of nitrogens with one attached hydrogen (secondary N) is 1. The maximum Gasteiger partial charge on any atom is 0.122 e. The minimum absolute atomic E-state index is 0.230. The van der Waals surface area contributed by atoms with Crippen LogP contribution in [-0.4, -0.2) is 21.6 Å². The molecule has 0 spiro atoms. The summed E-state index contributed by atoms with van der Waals surface area (Å²) in [5.41, 5.74) is 4.79. The molecule has 5 nitrogen and oxygen atoms in total. The lowest BCUT2D eigenvalue weighted by Gasteiger charge is -2.25. The van der Waals surface area contributed by atoms with Crippen molar-refractivity contribution < 1.29 is 4.74 Å². The number of nitriles is 1. The number of methoxy groups -OCH3 is 1. The Morgan fingerprint density at radius 1 is 1.21 bits per heavy atom. The largest absolute Gasteiger partial charge is 0.496 e. The van der Waals surface area contributed by atoms with E-state index in [0.29, 0.717) is 5.56 Å². The van der Waals surface area contributed by atoms with Gasteiger partial charge in [0, 0.05) is 35.1 Å². The van der Waals surface area contributed by atoms with E-state index in [9.17, 15) is 0 Å². The lowest BCUT2D eigenvalue weighted by Crippen LogP contribution is -2.17. The predicted molar refractivity (Wildman–Crippen MR) is 108 cm³/mol. The first-order valence-corrected chi connectivity index (χ1v) is 9.50. The summed E-state index contributed by atoms with van der Waals surface area (Å²) in [6.45, 7) is 0.979. The van der Waals surface area contributed by atoms with Gasteiger partial charge in [0.1, 0.15) is 17.3 Å². The van der Waals surface area contributed by atoms with E-state index >= 15 is 0 Å². The normalized spacial score (nSPS) is 15.9. The number of rotatable bonds is 3. The van der Waals surface area contributed by atoms with Gasteiger partial charge in [0.2, 0.25) is 0 Å². The minimum atomic E-state index is 0.230. The van der Waals surface area contributed by atoms with Gasteiger partial charge in [-0.05, 0) is 43.2 Å². The Morgan fingerprint density at radius 3 is 2.96 bits per heavy atom. The number of imidazole rings is 1. The fourth-order valence-electron chi connectivity index (χ4n) is 4.20. The smallest absolute Gasteiger partial charge is 0.122 e. The summed E-state index contributed by atoms with van der Waals surface area (Å²) in [6, 6.07) is 18.2. The van der Waals surface area contributed by atoms with Crippen molar-refractivity contribution in [2.45, 2.75) is 25.3 Å². The standard InChI is InChI=1S/C23H20N4O/c1-28-22-7-3-2-5-17(22)18-6-4-10-27-14-21(26-23(18)27)20-12-16-11-15(13-24)8-9-19(16)25-20/h2-3,5,7-9,11-12,14,18,25H,4,6,10H2,1H3. The molecule has 1 aliphatic heterocycles. The maximum absolute atomic E-state index is 9.13. The van der Waals surface area contributed by atoms with Gasteiger partial charge in [0.15, 0.2) is 0 Å². The van der Waals surface area contributed by atoms with Gasteiger partial charge in [-0.25, -0.2) is 4.98 Å². The van der Waals surface area contributed by atoms with Crippen LogP contribution in [0.25, 0.3) is 22.3 Å². The van der Waals surface area contributed by atoms with E-state index in [1.807, 2.05) is 30.3 Å². The summed E-state index contributed by atoms with van der Waals surface area (Å²) < 4.78 is 7.86. The molecular formula is C23H20N4O. The maximum atomic E-state index is 9.13. The topological polar surface area (TPSA) is 66.6 Å². The van der Waals surface area contributed by atoms with Crippen LogP contribution in [0.4, 0.5) is 0 Å². The Morgan fingerprint density at radius 2 is 2.11 bits per heavy atom. The van der Waals surface area contributed by atoms with E-state index in [2.05, 4.69) is 40.0 Å². The van der Waals surface area contributed by atoms with E-state index in [1.54, 1.807) is 7.11 Å². The van der Waals surface area contributed by atoms with Crippen molar-refractivity contribution in [3.05, 3.63) is 71.7 Å². The van der Waals surface area contributed by atoms with Crippen molar-refractivity contribution in [1.82, 2.24) is 14.5 Å². The molecule has 2 aromatic carbocycles. The lowest BCUT2D eigenvalue weighted by atomic mass is 9.90. The Bertz CT molecular complexity index is 1210. The molecule has 0 fully saturated rings. The number of fused-ring (bicyclic) bond motifs is 2. The second-order valence-electron chi connectivity index (χ2n) is 7.21. The van der Waals surface area contributed by atoms with Crippen LogP contribution in [0.3, 0.4) is 0 Å². The zero-order chi connectivity index (χ0) is 19.1. The Kier molecular flexibility index (Phi) is 3.91. The van der Waals surface area contributed by atoms with Crippen LogP contribution in [0.1, 0.15) is 35.7 Å². The van der Waals surface area contributed by atoms with Crippen molar-refractivity contribution >= 4 is 10.9 Å². The van der Waals surface area contributed by atoms with Gasteiger partial charge < -0.3 is 14.3 Å². The molecule has 4 aromatic rings. The van der Waals surface area contributed by atoms with Crippen molar-refractivity contribution in [1.29, 1.82) is 5.26 Å². The third-order valence-corrected chi connectivity index (χ3v) is 5.55. The summed E-state index contributed by atoms with van der Waals surface area (Å²) in [6.07, 6.45) is 4.31. The quantitative estimate of drug-likeness (QED) is 0.563. The van der Waals surface area contributed by atoms with Crippen LogP contribution >= 0.6 is 0 Å². The number of hydrogen-bond donors (Lipinski definition) is 1. The Labute approximate surface area is 163 Å². The van der Waals surface area contributed by atoms with Crippen molar-refractivity contribution in [3.8, 4) is 23.2 Å². The van der Waals surface area contributed by atoms with E-state index in [-0.39, 0.29) is 5.92 Å². The summed E-state index contributed by atoms with van der Waals surface area (Å²) >= 11 is 0. The van der Waals surface area contributed by atoms with Crippen LogP contribution in [0, 0.1) is 11.3 Å². The summed E-state index contributed by atoms with van der Waals surface area (Å²) in [5, 5.41) is 10.2. The van der Waals surface area contributed by atoms with Crippen molar-refractivity contribution in [3.63, 3.8) is 0 Å². The van der Waals surface area contributed by atoms with Gasteiger partial charge in [0.05, 0.1) is 24.4 Å². The number of nitrogens with zero attached hydrogens (tertiary/aromatic N) is 3. The highest BCUT2D eigenvalue weighted by Gasteiger charge is 2.27. The molecule has 0 amide bonds. The van der Waals surface area contributed by atoms with Gasteiger partial charge in [-0.2, -0.15) is 5.26 Å². The minimum Gasteiger partial charge on any atom is -0.496 e. The molecule has 0 bridgehead atoms. The van der Waals surface area contributed by atoms with E-state index in [1.165, 1.54) is 5.56 Å². The molecule has 0 aliphatic carbocycles. The molecular weight excluding hydrogens is 348 g/mol. The SMILES string of the molecule is COc1ccccc1C1CCCn2cc(-c3cc4cc(C#N)ccc4[nH]3)nc21. The zero-order valence-corrected chi connectivity index (χ0v) is 15.6. The molecule has 138 valence electrons. The van der Waals surface area contributed by atoms with Crippen molar-refractivity contribution in [2.24, 2.45) is 0 Å². The van der Waals surface area contributed by atoms with E-state index in [4.69, 9.17) is 15.0 Å². The fourth-order valence-corrected chi connectivity index (χ4v) is 4.20. The van der Waals surface area contributed by atoms with Crippen LogP contribution in [-0.2, 0) is 6.54 Å². The van der Waals surface area contributed by atoms with E-state index < -0.39 is 0 Å². The molecule has 28 heavy (non-hydrogen) atoms. The first-order valence-electron chi connectivity index (χ1n) is 9.50. The molecule has 5 heteroatoms. The highest BCUT2D eigenvalue weighted by molar-refractivity contribution is 5.86. The average molecular weight is 368 g/mol. The summed E-state index contributed by atoms with van der Waals surface area (Å²) in [4.78, 5) is 8.44. The van der Waals surface area contributed by atoms with E-state index in [0.717, 1.165) is 53.3 Å². The highest BCUT2D eigenvalue weighted by Crippen LogP contribution is 2.38. The Balaban J connectivity index is 1.58. The second-order valence-corrected chi connectivity index (χ2v) is 7.21. The molecule has 5 rings (SSSR count). The van der Waals surface area contributed by atoms with Gasteiger partial charge in [-0.3, -0.25) is 0 Å². The lowest BCUT2D eigenvalue weighted by molar-refractivity contribution is 0.398. The average Bonchev–Trinajstić information content (AvgIpc) is 3.36. The number of ether oxygens (including phenoxy) is 1. The van der Waals surface area contributed by atoms with Gasteiger partial charge in [0.25, 0.3) is 0 Å². The predicted octanol–water partition coefficient (Wildman–Crippen LogP) is 4.84. The number of hydrogen-bond acceptors (Lipinski definition) is 3. The number of aromatic nitrogens is 3. The van der Waals surface area contributed by atoms with Gasteiger partial charge in [-0.1, -0.05) is 18.2 Å². The van der Waals surface area contributed by atoms with Crippen LogP contribution in [0.2, 0.25) is 0 Å². The van der Waals surface area contributed by atoms with Crippen LogP contribution in [0.15, 0.2) is 54.7 Å². The zero-order valence-electron chi connectivity index (χ0n) is 15.6. The summed E-state index contributed by atoms with van der Waals surface area (Å²) in [7, 11) is 1.72. The number of aromatic amines is 1. The molecule has 1 aliphatic rings. The second kappa shape index (κ2) is 6.58. The fraction of sp³-hybridized carbons (Fsp3) is 0.217. The molecule has 0 saturated carbocycles. The molecule has 2 aromatic heterocycles. The number of benzene rings is 2. The molecule has 1 atom stereocenters. The third kappa shape index (κ3) is 2.66.